The highest BCUT2D eigenvalue weighted by molar-refractivity contribution is 7.98. The zero-order valence-corrected chi connectivity index (χ0v) is 8.85. The molecule has 0 radical (unpaired) electrons. The maximum Gasteiger partial charge on any atom is 0.334 e. The van der Waals surface area contributed by atoms with Crippen molar-refractivity contribution in [3.63, 3.8) is 0 Å². The van der Waals surface area contributed by atoms with Gasteiger partial charge in [-0.1, -0.05) is 0 Å². The second kappa shape index (κ2) is 5.34. The molecule has 1 heterocycles. The van der Waals surface area contributed by atoms with Gasteiger partial charge < -0.3 is 4.90 Å². The van der Waals surface area contributed by atoms with Crippen molar-refractivity contribution in [3.05, 3.63) is 0 Å². The minimum absolute atomic E-state index is 0.0210. The van der Waals surface area contributed by atoms with E-state index in [0.717, 1.165) is 31.7 Å². The molecule has 5 heteroatoms. The molecule has 2 N–H and O–H groups in total. The monoisotopic (exact) mass is 203 g/mol. The number of amides is 2. The average molecular weight is 203 g/mol. The van der Waals surface area contributed by atoms with Crippen LogP contribution in [0.3, 0.4) is 0 Å². The second-order valence-corrected chi connectivity index (χ2v) is 4.15. The maximum absolute atomic E-state index is 11.4. The van der Waals surface area contributed by atoms with Crippen molar-refractivity contribution >= 4 is 17.8 Å². The Morgan fingerprint density at radius 2 is 2.31 bits per heavy atom. The van der Waals surface area contributed by atoms with E-state index >= 15 is 0 Å². The van der Waals surface area contributed by atoms with Gasteiger partial charge in [0.25, 0.3) is 0 Å². The van der Waals surface area contributed by atoms with Crippen molar-refractivity contribution < 1.29 is 4.79 Å². The Balaban J connectivity index is 2.27. The van der Waals surface area contributed by atoms with Gasteiger partial charge in [0.1, 0.15) is 0 Å². The SMILES string of the molecule is CSCCCN1CCCN(N)C1=O. The van der Waals surface area contributed by atoms with E-state index in [-0.39, 0.29) is 6.03 Å². The van der Waals surface area contributed by atoms with E-state index in [1.807, 2.05) is 16.7 Å². The van der Waals surface area contributed by atoms with Gasteiger partial charge in [0.15, 0.2) is 0 Å². The Morgan fingerprint density at radius 3 is 3.00 bits per heavy atom. The molecule has 76 valence electrons. The average Bonchev–Trinajstić information content (AvgIpc) is 2.13. The Bertz CT molecular complexity index is 177. The molecule has 1 saturated heterocycles. The number of hydrazine groups is 1. The van der Waals surface area contributed by atoms with Crippen molar-refractivity contribution in [2.45, 2.75) is 12.8 Å². The maximum atomic E-state index is 11.4. The Morgan fingerprint density at radius 1 is 1.54 bits per heavy atom. The predicted molar refractivity (Wildman–Crippen MR) is 55.5 cm³/mol. The smallest absolute Gasteiger partial charge is 0.323 e. The van der Waals surface area contributed by atoms with Gasteiger partial charge in [-0.25, -0.2) is 10.6 Å². The Labute approximate surface area is 83.4 Å². The van der Waals surface area contributed by atoms with Gasteiger partial charge in [-0.2, -0.15) is 11.8 Å². The summed E-state index contributed by atoms with van der Waals surface area (Å²) in [6, 6.07) is -0.0210. The molecule has 0 saturated carbocycles. The molecule has 1 rings (SSSR count). The third-order valence-corrected chi connectivity index (χ3v) is 2.82. The standard InChI is InChI=1S/C8H17N3OS/c1-13-7-3-5-10-4-2-6-11(9)8(10)12/h2-7,9H2,1H3. The number of hydrogen-bond donors (Lipinski definition) is 1. The van der Waals surface area contributed by atoms with Crippen molar-refractivity contribution in [2.75, 3.05) is 31.6 Å². The first kappa shape index (κ1) is 10.7. The zero-order valence-electron chi connectivity index (χ0n) is 8.03. The first-order chi connectivity index (χ1) is 6.25. The topological polar surface area (TPSA) is 49.6 Å². The predicted octanol–water partition coefficient (Wildman–Crippen LogP) is 0.741. The fourth-order valence-corrected chi connectivity index (χ4v) is 1.83. The van der Waals surface area contributed by atoms with Gasteiger partial charge in [0.05, 0.1) is 0 Å². The summed E-state index contributed by atoms with van der Waals surface area (Å²) in [7, 11) is 0. The largest absolute Gasteiger partial charge is 0.334 e. The van der Waals surface area contributed by atoms with Crippen LogP contribution >= 0.6 is 11.8 Å². The van der Waals surface area contributed by atoms with Crippen LogP contribution < -0.4 is 5.84 Å². The van der Waals surface area contributed by atoms with Crippen LogP contribution in [0.1, 0.15) is 12.8 Å². The highest BCUT2D eigenvalue weighted by Crippen LogP contribution is 2.07. The minimum Gasteiger partial charge on any atom is -0.323 e. The van der Waals surface area contributed by atoms with Crippen molar-refractivity contribution in [1.82, 2.24) is 9.91 Å². The van der Waals surface area contributed by atoms with E-state index in [9.17, 15) is 4.79 Å². The number of nitrogens with two attached hydrogens (primary N) is 1. The summed E-state index contributed by atoms with van der Waals surface area (Å²) in [6.07, 6.45) is 4.12. The molecule has 0 aromatic rings. The van der Waals surface area contributed by atoms with Crippen molar-refractivity contribution in [3.8, 4) is 0 Å². The van der Waals surface area contributed by atoms with E-state index in [4.69, 9.17) is 5.84 Å². The van der Waals surface area contributed by atoms with Crippen LogP contribution in [0.2, 0.25) is 0 Å². The molecule has 0 bridgehead atoms. The molecule has 0 aromatic heterocycles. The van der Waals surface area contributed by atoms with Crippen LogP contribution in [0.4, 0.5) is 4.79 Å². The van der Waals surface area contributed by atoms with Gasteiger partial charge in [-0.05, 0) is 24.9 Å². The number of rotatable bonds is 4. The van der Waals surface area contributed by atoms with Crippen molar-refractivity contribution in [1.29, 1.82) is 0 Å². The lowest BCUT2D eigenvalue weighted by molar-refractivity contribution is 0.130. The van der Waals surface area contributed by atoms with Crippen LogP contribution in [0, 0.1) is 0 Å². The molecule has 0 spiro atoms. The van der Waals surface area contributed by atoms with Gasteiger partial charge in [-0.3, -0.25) is 5.01 Å². The van der Waals surface area contributed by atoms with Crippen molar-refractivity contribution in [2.24, 2.45) is 5.84 Å². The highest BCUT2D eigenvalue weighted by Gasteiger charge is 2.22. The van der Waals surface area contributed by atoms with E-state index in [0.29, 0.717) is 6.54 Å². The Hall–Kier alpha value is -0.420. The summed E-state index contributed by atoms with van der Waals surface area (Å²) >= 11 is 1.81. The number of thioether (sulfide) groups is 1. The first-order valence-corrected chi connectivity index (χ1v) is 5.95. The van der Waals surface area contributed by atoms with E-state index in [2.05, 4.69) is 6.26 Å². The summed E-state index contributed by atoms with van der Waals surface area (Å²) in [5.41, 5.74) is 0. The summed E-state index contributed by atoms with van der Waals surface area (Å²) in [4.78, 5) is 13.3. The van der Waals surface area contributed by atoms with Gasteiger partial charge >= 0.3 is 6.03 Å². The molecule has 13 heavy (non-hydrogen) atoms. The third-order valence-electron chi connectivity index (χ3n) is 2.12. The first-order valence-electron chi connectivity index (χ1n) is 4.56. The quantitative estimate of drug-likeness (QED) is 0.416. The fraction of sp³-hybridized carbons (Fsp3) is 0.875. The lowest BCUT2D eigenvalue weighted by Crippen LogP contribution is -2.52. The molecule has 1 aliphatic rings. The summed E-state index contributed by atoms with van der Waals surface area (Å²) in [5.74, 6) is 6.62. The molecule has 4 nitrogen and oxygen atoms in total. The van der Waals surface area contributed by atoms with E-state index < -0.39 is 0 Å². The number of nitrogens with zero attached hydrogens (tertiary/aromatic N) is 2. The van der Waals surface area contributed by atoms with E-state index in [1.54, 1.807) is 0 Å². The number of urea groups is 1. The fourth-order valence-electron chi connectivity index (χ4n) is 1.41. The zero-order chi connectivity index (χ0) is 9.68. The normalized spacial score (nSPS) is 18.2. The van der Waals surface area contributed by atoms with Crippen LogP contribution in [0.5, 0.6) is 0 Å². The van der Waals surface area contributed by atoms with Crippen LogP contribution in [-0.2, 0) is 0 Å². The number of carbonyl (C=O) groups excluding carboxylic acids is 1. The van der Waals surface area contributed by atoms with Crippen LogP contribution in [0.25, 0.3) is 0 Å². The Kier molecular flexibility index (Phi) is 4.38. The number of carbonyl (C=O) groups is 1. The molecule has 2 amide bonds. The lowest BCUT2D eigenvalue weighted by atomic mass is 10.3. The molecule has 0 unspecified atom stereocenters. The molecular formula is C8H17N3OS. The molecule has 0 atom stereocenters. The summed E-state index contributed by atoms with van der Waals surface area (Å²) in [5, 5.41) is 1.31. The third kappa shape index (κ3) is 3.08. The summed E-state index contributed by atoms with van der Waals surface area (Å²) in [6.45, 7) is 2.39. The number of hydrogen-bond acceptors (Lipinski definition) is 3. The molecule has 0 aromatic carbocycles. The molecule has 0 aliphatic carbocycles. The van der Waals surface area contributed by atoms with Gasteiger partial charge in [0, 0.05) is 19.6 Å². The van der Waals surface area contributed by atoms with Crippen LogP contribution in [-0.4, -0.2) is 47.6 Å². The van der Waals surface area contributed by atoms with E-state index in [1.165, 1.54) is 5.01 Å². The highest BCUT2D eigenvalue weighted by atomic mass is 32.2. The minimum atomic E-state index is -0.0210. The molecule has 1 aliphatic heterocycles. The lowest BCUT2D eigenvalue weighted by Gasteiger charge is -2.32. The summed E-state index contributed by atoms with van der Waals surface area (Å²) < 4.78 is 0. The van der Waals surface area contributed by atoms with Gasteiger partial charge in [0.2, 0.25) is 0 Å². The molecular weight excluding hydrogens is 186 g/mol. The second-order valence-electron chi connectivity index (χ2n) is 3.16. The van der Waals surface area contributed by atoms with Crippen LogP contribution in [0.15, 0.2) is 0 Å². The van der Waals surface area contributed by atoms with Gasteiger partial charge in [-0.15, -0.1) is 0 Å². The molecule has 1 fully saturated rings.